The van der Waals surface area contributed by atoms with E-state index in [2.05, 4.69) is 44.5 Å². The van der Waals surface area contributed by atoms with Crippen LogP contribution in [0.25, 0.3) is 0 Å². The average Bonchev–Trinajstić information content (AvgIpc) is 2.48. The lowest BCUT2D eigenvalue weighted by atomic mass is 10.2. The molecular formula is C16H15ClIN3O. The van der Waals surface area contributed by atoms with Crippen molar-refractivity contribution in [3.05, 3.63) is 62.2 Å². The molecule has 0 saturated carbocycles. The number of benzene rings is 2. The molecule has 0 spiro atoms. The Labute approximate surface area is 148 Å². The maximum absolute atomic E-state index is 11.7. The van der Waals surface area contributed by atoms with Crippen LogP contribution in [0.5, 0.6) is 0 Å². The lowest BCUT2D eigenvalue weighted by Gasteiger charge is -2.08. The first kappa shape index (κ1) is 16.8. The number of hydrazone groups is 1. The first-order valence-electron chi connectivity index (χ1n) is 6.62. The number of rotatable bonds is 5. The molecule has 4 nitrogen and oxygen atoms in total. The van der Waals surface area contributed by atoms with Gasteiger partial charge >= 0.3 is 0 Å². The van der Waals surface area contributed by atoms with E-state index < -0.39 is 0 Å². The van der Waals surface area contributed by atoms with Crippen molar-refractivity contribution >= 4 is 52.0 Å². The van der Waals surface area contributed by atoms with Crippen LogP contribution in [0.15, 0.2) is 47.6 Å². The number of anilines is 1. The number of halogens is 2. The molecule has 0 radical (unpaired) electrons. The Kier molecular flexibility index (Phi) is 6.21. The zero-order valence-electron chi connectivity index (χ0n) is 11.9. The lowest BCUT2D eigenvalue weighted by molar-refractivity contribution is -0.119. The van der Waals surface area contributed by atoms with Gasteiger partial charge in [-0.15, -0.1) is 0 Å². The number of nitrogens with one attached hydrogen (secondary N) is 2. The minimum atomic E-state index is -0.205. The van der Waals surface area contributed by atoms with Crippen molar-refractivity contribution in [2.45, 2.75) is 6.92 Å². The molecule has 0 aliphatic heterocycles. The monoisotopic (exact) mass is 427 g/mol. The molecule has 2 aromatic rings. The minimum Gasteiger partial charge on any atom is -0.376 e. The smallest absolute Gasteiger partial charge is 0.259 e. The van der Waals surface area contributed by atoms with Crippen molar-refractivity contribution in [3.63, 3.8) is 0 Å². The predicted octanol–water partition coefficient (Wildman–Crippen LogP) is 3.82. The van der Waals surface area contributed by atoms with Gasteiger partial charge in [-0.2, -0.15) is 5.10 Å². The molecule has 2 rings (SSSR count). The van der Waals surface area contributed by atoms with Crippen molar-refractivity contribution in [1.82, 2.24) is 5.43 Å². The SMILES string of the molecule is Cc1cc(I)ccc1NCC(=O)N/N=C\c1ccc(Cl)cc1. The van der Waals surface area contributed by atoms with Crippen LogP contribution >= 0.6 is 34.2 Å². The van der Waals surface area contributed by atoms with Gasteiger partial charge < -0.3 is 5.32 Å². The van der Waals surface area contributed by atoms with Crippen molar-refractivity contribution in [3.8, 4) is 0 Å². The summed E-state index contributed by atoms with van der Waals surface area (Å²) in [6.07, 6.45) is 1.57. The van der Waals surface area contributed by atoms with Gasteiger partial charge in [0.2, 0.25) is 0 Å². The molecule has 0 saturated heterocycles. The second-order valence-corrected chi connectivity index (χ2v) is 6.34. The summed E-state index contributed by atoms with van der Waals surface area (Å²) in [5.74, 6) is -0.205. The highest BCUT2D eigenvalue weighted by atomic mass is 127. The number of aryl methyl sites for hydroxylation is 1. The van der Waals surface area contributed by atoms with Gasteiger partial charge in [0.25, 0.3) is 5.91 Å². The van der Waals surface area contributed by atoms with E-state index in [9.17, 15) is 4.79 Å². The van der Waals surface area contributed by atoms with Crippen LogP contribution in [-0.2, 0) is 4.79 Å². The summed E-state index contributed by atoms with van der Waals surface area (Å²) >= 11 is 8.05. The topological polar surface area (TPSA) is 53.5 Å². The Balaban J connectivity index is 1.81. The van der Waals surface area contributed by atoms with E-state index in [0.717, 1.165) is 20.4 Å². The number of amides is 1. The summed E-state index contributed by atoms with van der Waals surface area (Å²) in [5, 5.41) is 7.67. The first-order chi connectivity index (χ1) is 10.5. The van der Waals surface area contributed by atoms with Crippen LogP contribution in [0.2, 0.25) is 5.02 Å². The second kappa shape index (κ2) is 8.14. The van der Waals surface area contributed by atoms with E-state index in [-0.39, 0.29) is 12.5 Å². The molecule has 114 valence electrons. The highest BCUT2D eigenvalue weighted by Crippen LogP contribution is 2.17. The Morgan fingerprint density at radius 3 is 2.68 bits per heavy atom. The van der Waals surface area contributed by atoms with Gasteiger partial charge in [0, 0.05) is 14.3 Å². The Hall–Kier alpha value is -1.60. The van der Waals surface area contributed by atoms with E-state index in [1.165, 1.54) is 0 Å². The largest absolute Gasteiger partial charge is 0.376 e. The minimum absolute atomic E-state index is 0.166. The predicted molar refractivity (Wildman–Crippen MR) is 99.6 cm³/mol. The molecule has 0 bridgehead atoms. The van der Waals surface area contributed by atoms with Gasteiger partial charge in [-0.25, -0.2) is 5.43 Å². The summed E-state index contributed by atoms with van der Waals surface area (Å²) in [4.78, 5) is 11.7. The van der Waals surface area contributed by atoms with Gasteiger partial charge in [0.15, 0.2) is 0 Å². The number of hydrogen-bond acceptors (Lipinski definition) is 3. The van der Waals surface area contributed by atoms with Gasteiger partial charge in [0.05, 0.1) is 12.8 Å². The van der Waals surface area contributed by atoms with E-state index >= 15 is 0 Å². The molecule has 6 heteroatoms. The molecular weight excluding hydrogens is 413 g/mol. The van der Waals surface area contributed by atoms with Crippen molar-refractivity contribution in [1.29, 1.82) is 0 Å². The van der Waals surface area contributed by atoms with Crippen LogP contribution in [0.1, 0.15) is 11.1 Å². The number of carbonyl (C=O) groups excluding carboxylic acids is 1. The highest BCUT2D eigenvalue weighted by molar-refractivity contribution is 14.1. The summed E-state index contributed by atoms with van der Waals surface area (Å²) in [5.41, 5.74) is 5.39. The van der Waals surface area contributed by atoms with Gasteiger partial charge in [-0.1, -0.05) is 23.7 Å². The number of hydrogen-bond donors (Lipinski definition) is 2. The van der Waals surface area contributed by atoms with E-state index in [4.69, 9.17) is 11.6 Å². The van der Waals surface area contributed by atoms with Gasteiger partial charge in [-0.05, 0) is 71.0 Å². The highest BCUT2D eigenvalue weighted by Gasteiger charge is 2.02. The first-order valence-corrected chi connectivity index (χ1v) is 8.08. The molecule has 0 aliphatic carbocycles. The fourth-order valence-electron chi connectivity index (χ4n) is 1.77. The van der Waals surface area contributed by atoms with Crippen LogP contribution in [0, 0.1) is 10.5 Å². The number of nitrogens with zero attached hydrogens (tertiary/aromatic N) is 1. The maximum atomic E-state index is 11.7. The van der Waals surface area contributed by atoms with Gasteiger partial charge in [-0.3, -0.25) is 4.79 Å². The fraction of sp³-hybridized carbons (Fsp3) is 0.125. The molecule has 1 amide bonds. The van der Waals surface area contributed by atoms with E-state index in [1.807, 2.05) is 31.2 Å². The molecule has 0 unspecified atom stereocenters. The second-order valence-electron chi connectivity index (χ2n) is 4.66. The Morgan fingerprint density at radius 1 is 1.27 bits per heavy atom. The van der Waals surface area contributed by atoms with E-state index in [1.54, 1.807) is 18.3 Å². The van der Waals surface area contributed by atoms with Crippen LogP contribution in [0.4, 0.5) is 5.69 Å². The van der Waals surface area contributed by atoms with Crippen LogP contribution in [-0.4, -0.2) is 18.7 Å². The molecule has 0 aromatic heterocycles. The lowest BCUT2D eigenvalue weighted by Crippen LogP contribution is -2.26. The van der Waals surface area contributed by atoms with Crippen LogP contribution < -0.4 is 10.7 Å². The molecule has 22 heavy (non-hydrogen) atoms. The Morgan fingerprint density at radius 2 is 2.00 bits per heavy atom. The third-order valence-electron chi connectivity index (χ3n) is 2.90. The zero-order chi connectivity index (χ0) is 15.9. The fourth-order valence-corrected chi connectivity index (χ4v) is 2.54. The normalized spacial score (nSPS) is 10.7. The van der Waals surface area contributed by atoms with Crippen molar-refractivity contribution in [2.75, 3.05) is 11.9 Å². The quantitative estimate of drug-likeness (QED) is 0.433. The molecule has 2 aromatic carbocycles. The third kappa shape index (κ3) is 5.31. The third-order valence-corrected chi connectivity index (χ3v) is 3.82. The summed E-state index contributed by atoms with van der Waals surface area (Å²) in [6, 6.07) is 13.2. The standard InChI is InChI=1S/C16H15ClIN3O/c1-11-8-14(18)6-7-15(11)19-10-16(22)21-20-9-12-2-4-13(17)5-3-12/h2-9,19H,10H2,1H3,(H,21,22)/b20-9-. The molecule has 0 heterocycles. The molecule has 0 fully saturated rings. The Bertz CT molecular complexity index is 686. The van der Waals surface area contributed by atoms with Crippen LogP contribution in [0.3, 0.4) is 0 Å². The van der Waals surface area contributed by atoms with Crippen molar-refractivity contribution in [2.24, 2.45) is 5.10 Å². The molecule has 0 aliphatic rings. The maximum Gasteiger partial charge on any atom is 0.259 e. The van der Waals surface area contributed by atoms with Gasteiger partial charge in [0.1, 0.15) is 0 Å². The summed E-state index contributed by atoms with van der Waals surface area (Å²) in [7, 11) is 0. The zero-order valence-corrected chi connectivity index (χ0v) is 14.9. The van der Waals surface area contributed by atoms with E-state index in [0.29, 0.717) is 5.02 Å². The van der Waals surface area contributed by atoms with Crippen molar-refractivity contribution < 1.29 is 4.79 Å². The summed E-state index contributed by atoms with van der Waals surface area (Å²) < 4.78 is 1.16. The summed E-state index contributed by atoms with van der Waals surface area (Å²) in [6.45, 7) is 2.17. The molecule has 2 N–H and O–H groups in total. The average molecular weight is 428 g/mol. The number of carbonyl (C=O) groups is 1. The molecule has 0 atom stereocenters.